The summed E-state index contributed by atoms with van der Waals surface area (Å²) < 4.78 is 5.15. The van der Waals surface area contributed by atoms with Crippen molar-refractivity contribution in [1.29, 1.82) is 0 Å². The van der Waals surface area contributed by atoms with Crippen molar-refractivity contribution in [3.8, 4) is 5.75 Å². The fourth-order valence-corrected chi connectivity index (χ4v) is 2.19. The number of anilines is 1. The van der Waals surface area contributed by atoms with Crippen molar-refractivity contribution in [3.63, 3.8) is 0 Å². The van der Waals surface area contributed by atoms with E-state index in [1.807, 2.05) is 49.4 Å². The summed E-state index contributed by atoms with van der Waals surface area (Å²) in [6.07, 6.45) is -0.135. The molecular weight excluding hydrogens is 292 g/mol. The molecule has 0 saturated heterocycles. The van der Waals surface area contributed by atoms with Crippen LogP contribution >= 0.6 is 0 Å². The SMILES string of the molecule is COc1ccc(C)c(NC(=O)NCCC(O)c2ccccc2)c1. The van der Waals surface area contributed by atoms with Gasteiger partial charge in [-0.1, -0.05) is 36.4 Å². The number of hydrogen-bond acceptors (Lipinski definition) is 3. The van der Waals surface area contributed by atoms with Crippen LogP contribution < -0.4 is 15.4 Å². The highest BCUT2D eigenvalue weighted by Gasteiger charge is 2.09. The van der Waals surface area contributed by atoms with E-state index in [2.05, 4.69) is 10.6 Å². The van der Waals surface area contributed by atoms with Crippen LogP contribution in [0.3, 0.4) is 0 Å². The zero-order valence-electron chi connectivity index (χ0n) is 13.4. The Morgan fingerprint density at radius 2 is 1.96 bits per heavy atom. The number of aliphatic hydroxyl groups excluding tert-OH is 1. The highest BCUT2D eigenvalue weighted by molar-refractivity contribution is 5.90. The Morgan fingerprint density at radius 1 is 1.22 bits per heavy atom. The molecule has 0 spiro atoms. The highest BCUT2D eigenvalue weighted by atomic mass is 16.5. The van der Waals surface area contributed by atoms with Crippen LogP contribution in [0.5, 0.6) is 5.75 Å². The average molecular weight is 314 g/mol. The molecule has 2 aromatic rings. The molecule has 1 unspecified atom stereocenters. The summed E-state index contributed by atoms with van der Waals surface area (Å²) in [4.78, 5) is 11.9. The van der Waals surface area contributed by atoms with Gasteiger partial charge in [-0.15, -0.1) is 0 Å². The molecule has 0 aromatic heterocycles. The molecule has 0 fully saturated rings. The molecular formula is C18H22N2O3. The van der Waals surface area contributed by atoms with Crippen LogP contribution in [0.25, 0.3) is 0 Å². The number of ether oxygens (including phenoxy) is 1. The molecule has 2 rings (SSSR count). The molecule has 0 bridgehead atoms. The molecule has 0 saturated carbocycles. The van der Waals surface area contributed by atoms with E-state index in [1.165, 1.54) is 0 Å². The van der Waals surface area contributed by atoms with Gasteiger partial charge < -0.3 is 20.5 Å². The van der Waals surface area contributed by atoms with Crippen LogP contribution in [0.2, 0.25) is 0 Å². The van der Waals surface area contributed by atoms with E-state index in [9.17, 15) is 9.90 Å². The van der Waals surface area contributed by atoms with Crippen LogP contribution in [-0.2, 0) is 0 Å². The maximum Gasteiger partial charge on any atom is 0.319 e. The zero-order valence-corrected chi connectivity index (χ0v) is 13.4. The van der Waals surface area contributed by atoms with Crippen LogP contribution in [0.15, 0.2) is 48.5 Å². The van der Waals surface area contributed by atoms with Gasteiger partial charge in [0.15, 0.2) is 0 Å². The van der Waals surface area contributed by atoms with Gasteiger partial charge in [-0.3, -0.25) is 0 Å². The van der Waals surface area contributed by atoms with Crippen molar-refractivity contribution in [2.24, 2.45) is 0 Å². The fourth-order valence-electron chi connectivity index (χ4n) is 2.19. The van der Waals surface area contributed by atoms with Crippen LogP contribution in [0.1, 0.15) is 23.7 Å². The molecule has 0 heterocycles. The van der Waals surface area contributed by atoms with Crippen molar-refractivity contribution in [1.82, 2.24) is 5.32 Å². The molecule has 1 atom stereocenters. The lowest BCUT2D eigenvalue weighted by Gasteiger charge is -2.13. The quantitative estimate of drug-likeness (QED) is 0.766. The third-order valence-corrected chi connectivity index (χ3v) is 3.58. The van der Waals surface area contributed by atoms with Gasteiger partial charge in [-0.05, 0) is 30.5 Å². The Bertz CT molecular complexity index is 644. The van der Waals surface area contributed by atoms with E-state index >= 15 is 0 Å². The predicted molar refractivity (Wildman–Crippen MR) is 90.8 cm³/mol. The van der Waals surface area contributed by atoms with Crippen LogP contribution in [0, 0.1) is 6.92 Å². The van der Waals surface area contributed by atoms with Gasteiger partial charge >= 0.3 is 6.03 Å². The molecule has 0 radical (unpaired) electrons. The number of urea groups is 1. The standard InChI is InChI=1S/C18H22N2O3/c1-13-8-9-15(23-2)12-16(13)20-18(22)19-11-10-17(21)14-6-4-3-5-7-14/h3-9,12,17,21H,10-11H2,1-2H3,(H2,19,20,22). The van der Waals surface area contributed by atoms with Gasteiger partial charge in [0.1, 0.15) is 5.75 Å². The Kier molecular flexibility index (Phi) is 6.00. The number of amides is 2. The number of aryl methyl sites for hydroxylation is 1. The first-order valence-electron chi connectivity index (χ1n) is 7.52. The number of hydrogen-bond donors (Lipinski definition) is 3. The maximum atomic E-state index is 11.9. The molecule has 0 aliphatic rings. The number of rotatable bonds is 6. The number of nitrogens with one attached hydrogen (secondary N) is 2. The van der Waals surface area contributed by atoms with E-state index in [4.69, 9.17) is 4.74 Å². The Morgan fingerprint density at radius 3 is 2.65 bits per heavy atom. The van der Waals surface area contributed by atoms with Crippen molar-refractivity contribution in [3.05, 3.63) is 59.7 Å². The van der Waals surface area contributed by atoms with E-state index in [0.29, 0.717) is 24.4 Å². The minimum atomic E-state index is -0.588. The number of carbonyl (C=O) groups excluding carboxylic acids is 1. The first kappa shape index (κ1) is 16.8. The molecule has 0 aliphatic carbocycles. The first-order valence-corrected chi connectivity index (χ1v) is 7.52. The molecule has 122 valence electrons. The van der Waals surface area contributed by atoms with Gasteiger partial charge in [0.25, 0.3) is 0 Å². The Hall–Kier alpha value is -2.53. The molecule has 2 amide bonds. The molecule has 5 nitrogen and oxygen atoms in total. The van der Waals surface area contributed by atoms with Crippen LogP contribution in [0.4, 0.5) is 10.5 Å². The second-order valence-electron chi connectivity index (χ2n) is 5.28. The van der Waals surface area contributed by atoms with E-state index in [1.54, 1.807) is 13.2 Å². The summed E-state index contributed by atoms with van der Waals surface area (Å²) >= 11 is 0. The zero-order chi connectivity index (χ0) is 16.7. The van der Waals surface area contributed by atoms with Gasteiger partial charge in [0.2, 0.25) is 0 Å². The lowest BCUT2D eigenvalue weighted by molar-refractivity contribution is 0.167. The second-order valence-corrected chi connectivity index (χ2v) is 5.28. The summed E-state index contributed by atoms with van der Waals surface area (Å²) in [6, 6.07) is 14.6. The first-order chi connectivity index (χ1) is 11.1. The average Bonchev–Trinajstić information content (AvgIpc) is 2.57. The number of methoxy groups -OCH3 is 1. The summed E-state index contributed by atoms with van der Waals surface area (Å²) in [6.45, 7) is 2.29. The van der Waals surface area contributed by atoms with E-state index in [0.717, 1.165) is 11.1 Å². The Balaban J connectivity index is 1.81. The van der Waals surface area contributed by atoms with Crippen molar-refractivity contribution < 1.29 is 14.6 Å². The van der Waals surface area contributed by atoms with Crippen molar-refractivity contribution in [2.45, 2.75) is 19.4 Å². The molecule has 0 aliphatic heterocycles. The van der Waals surface area contributed by atoms with Crippen molar-refractivity contribution in [2.75, 3.05) is 19.0 Å². The number of aliphatic hydroxyl groups is 1. The van der Waals surface area contributed by atoms with Crippen LogP contribution in [-0.4, -0.2) is 24.8 Å². The largest absolute Gasteiger partial charge is 0.497 e. The normalized spacial score (nSPS) is 11.6. The van der Waals surface area contributed by atoms with Crippen molar-refractivity contribution >= 4 is 11.7 Å². The number of benzene rings is 2. The third-order valence-electron chi connectivity index (χ3n) is 3.58. The Labute approximate surface area is 136 Å². The topological polar surface area (TPSA) is 70.6 Å². The summed E-state index contributed by atoms with van der Waals surface area (Å²) in [5.74, 6) is 0.686. The van der Waals surface area contributed by atoms with Gasteiger partial charge in [0.05, 0.1) is 13.2 Å². The molecule has 2 aromatic carbocycles. The molecule has 3 N–H and O–H groups in total. The fraction of sp³-hybridized carbons (Fsp3) is 0.278. The van der Waals surface area contributed by atoms with E-state index < -0.39 is 6.10 Å². The minimum absolute atomic E-state index is 0.304. The maximum absolute atomic E-state index is 11.9. The third kappa shape index (κ3) is 5.00. The summed E-state index contributed by atoms with van der Waals surface area (Å²) in [5.41, 5.74) is 2.49. The lowest BCUT2D eigenvalue weighted by Crippen LogP contribution is -2.30. The summed E-state index contributed by atoms with van der Waals surface area (Å²) in [5, 5.41) is 15.6. The second kappa shape index (κ2) is 8.19. The van der Waals surface area contributed by atoms with E-state index in [-0.39, 0.29) is 6.03 Å². The molecule has 5 heteroatoms. The van der Waals surface area contributed by atoms with Gasteiger partial charge in [-0.2, -0.15) is 0 Å². The highest BCUT2D eigenvalue weighted by Crippen LogP contribution is 2.21. The predicted octanol–water partition coefficient (Wildman–Crippen LogP) is 3.25. The number of carbonyl (C=O) groups is 1. The molecule has 23 heavy (non-hydrogen) atoms. The lowest BCUT2D eigenvalue weighted by atomic mass is 10.1. The minimum Gasteiger partial charge on any atom is -0.497 e. The van der Waals surface area contributed by atoms with Gasteiger partial charge in [0, 0.05) is 18.3 Å². The summed E-state index contributed by atoms with van der Waals surface area (Å²) in [7, 11) is 1.58. The monoisotopic (exact) mass is 314 g/mol. The smallest absolute Gasteiger partial charge is 0.319 e. The van der Waals surface area contributed by atoms with Gasteiger partial charge in [-0.25, -0.2) is 4.79 Å².